The molecular weight excluding hydrogens is 262 g/mol. The Balaban J connectivity index is 2.21. The Morgan fingerprint density at radius 1 is 1.10 bits per heavy atom. The Morgan fingerprint density at radius 2 is 1.62 bits per heavy atom. The molecule has 1 aliphatic carbocycles. The van der Waals surface area contributed by atoms with Crippen LogP contribution in [0.1, 0.15) is 44.7 Å². The summed E-state index contributed by atoms with van der Waals surface area (Å²) >= 11 is 0. The highest BCUT2D eigenvalue weighted by molar-refractivity contribution is 5.49. The van der Waals surface area contributed by atoms with Crippen LogP contribution in [-0.4, -0.2) is 37.7 Å². The first kappa shape index (κ1) is 16.2. The van der Waals surface area contributed by atoms with Crippen LogP contribution in [0, 0.1) is 0 Å². The first-order valence-electron chi connectivity index (χ1n) is 8.14. The van der Waals surface area contributed by atoms with Gasteiger partial charge in [-0.3, -0.25) is 4.90 Å². The van der Waals surface area contributed by atoms with Gasteiger partial charge < -0.3 is 9.47 Å². The highest BCUT2D eigenvalue weighted by Gasteiger charge is 2.29. The van der Waals surface area contributed by atoms with Crippen molar-refractivity contribution in [2.45, 2.75) is 58.5 Å². The molecule has 1 atom stereocenters. The molecule has 0 amide bonds. The number of nitrogens with zero attached hydrogens (tertiary/aromatic N) is 1. The van der Waals surface area contributed by atoms with Gasteiger partial charge in [0.05, 0.1) is 14.2 Å². The summed E-state index contributed by atoms with van der Waals surface area (Å²) in [4.78, 5) is 2.68. The Kier molecular flexibility index (Phi) is 5.51. The van der Waals surface area contributed by atoms with Gasteiger partial charge >= 0.3 is 0 Å². The topological polar surface area (TPSA) is 21.7 Å². The SMILES string of the molecule is CCCN(C(C)CC)C1Cc2cc(OC)c(OC)cc2C1. The Morgan fingerprint density at radius 3 is 2.00 bits per heavy atom. The van der Waals surface area contributed by atoms with E-state index in [-0.39, 0.29) is 0 Å². The maximum atomic E-state index is 5.43. The van der Waals surface area contributed by atoms with Crippen LogP contribution >= 0.6 is 0 Å². The van der Waals surface area contributed by atoms with Crippen molar-refractivity contribution >= 4 is 0 Å². The van der Waals surface area contributed by atoms with Crippen molar-refractivity contribution in [1.82, 2.24) is 4.90 Å². The molecule has 1 aromatic rings. The zero-order valence-corrected chi connectivity index (χ0v) is 14.1. The summed E-state index contributed by atoms with van der Waals surface area (Å²) in [5, 5.41) is 0. The van der Waals surface area contributed by atoms with Crippen molar-refractivity contribution in [3.05, 3.63) is 23.3 Å². The molecule has 1 unspecified atom stereocenters. The van der Waals surface area contributed by atoms with Gasteiger partial charge in [-0.2, -0.15) is 0 Å². The quantitative estimate of drug-likeness (QED) is 0.765. The highest BCUT2D eigenvalue weighted by Crippen LogP contribution is 2.36. The fourth-order valence-corrected chi connectivity index (χ4v) is 3.41. The molecule has 0 spiro atoms. The summed E-state index contributed by atoms with van der Waals surface area (Å²) < 4.78 is 10.9. The van der Waals surface area contributed by atoms with E-state index in [0.717, 1.165) is 24.3 Å². The Bertz CT molecular complexity index is 440. The number of ether oxygens (including phenoxy) is 2. The maximum absolute atomic E-state index is 5.43. The standard InChI is InChI=1S/C18H29NO2/c1-6-8-19(13(3)7-2)16-9-14-11-17(20-4)18(21-5)12-15(14)10-16/h11-13,16H,6-10H2,1-5H3. The van der Waals surface area contributed by atoms with Crippen molar-refractivity contribution in [2.75, 3.05) is 20.8 Å². The Labute approximate surface area is 129 Å². The second-order valence-corrected chi connectivity index (χ2v) is 6.03. The third kappa shape index (κ3) is 3.34. The minimum Gasteiger partial charge on any atom is -0.493 e. The normalized spacial score (nSPS) is 16.1. The number of hydrogen-bond acceptors (Lipinski definition) is 3. The zero-order chi connectivity index (χ0) is 15.4. The summed E-state index contributed by atoms with van der Waals surface area (Å²) in [7, 11) is 3.42. The largest absolute Gasteiger partial charge is 0.493 e. The van der Waals surface area contributed by atoms with E-state index >= 15 is 0 Å². The fourth-order valence-electron chi connectivity index (χ4n) is 3.41. The van der Waals surface area contributed by atoms with Gasteiger partial charge in [-0.05, 0) is 62.4 Å². The zero-order valence-electron chi connectivity index (χ0n) is 14.1. The van der Waals surface area contributed by atoms with Crippen LogP contribution < -0.4 is 9.47 Å². The van der Waals surface area contributed by atoms with Crippen molar-refractivity contribution in [2.24, 2.45) is 0 Å². The van der Waals surface area contributed by atoms with Crippen LogP contribution in [0.4, 0.5) is 0 Å². The van der Waals surface area contributed by atoms with Gasteiger partial charge in [0.15, 0.2) is 11.5 Å². The van der Waals surface area contributed by atoms with E-state index in [0.29, 0.717) is 12.1 Å². The molecule has 1 aliphatic rings. The second-order valence-electron chi connectivity index (χ2n) is 6.03. The van der Waals surface area contributed by atoms with E-state index in [1.807, 2.05) is 0 Å². The lowest BCUT2D eigenvalue weighted by atomic mass is 10.1. The molecule has 0 fully saturated rings. The fraction of sp³-hybridized carbons (Fsp3) is 0.667. The van der Waals surface area contributed by atoms with Gasteiger partial charge in [-0.25, -0.2) is 0 Å². The van der Waals surface area contributed by atoms with Gasteiger partial charge in [0.1, 0.15) is 0 Å². The average molecular weight is 291 g/mol. The molecule has 2 rings (SSSR count). The molecule has 3 nitrogen and oxygen atoms in total. The molecule has 21 heavy (non-hydrogen) atoms. The smallest absolute Gasteiger partial charge is 0.161 e. The number of fused-ring (bicyclic) bond motifs is 1. The molecule has 0 saturated carbocycles. The molecular formula is C18H29NO2. The number of hydrogen-bond donors (Lipinski definition) is 0. The molecule has 0 N–H and O–H groups in total. The van der Waals surface area contributed by atoms with Crippen LogP contribution in [0.3, 0.4) is 0 Å². The Hall–Kier alpha value is -1.22. The minimum absolute atomic E-state index is 0.617. The van der Waals surface area contributed by atoms with Crippen molar-refractivity contribution < 1.29 is 9.47 Å². The van der Waals surface area contributed by atoms with Crippen LogP contribution in [0.2, 0.25) is 0 Å². The molecule has 3 heteroatoms. The van der Waals surface area contributed by atoms with Crippen LogP contribution in [0.25, 0.3) is 0 Å². The molecule has 1 aromatic carbocycles. The van der Waals surface area contributed by atoms with Gasteiger partial charge in [-0.1, -0.05) is 13.8 Å². The first-order valence-corrected chi connectivity index (χ1v) is 8.14. The lowest BCUT2D eigenvalue weighted by Crippen LogP contribution is -2.42. The second kappa shape index (κ2) is 7.17. The summed E-state index contributed by atoms with van der Waals surface area (Å²) in [6.45, 7) is 8.08. The highest BCUT2D eigenvalue weighted by atomic mass is 16.5. The van der Waals surface area contributed by atoms with Gasteiger partial charge in [0, 0.05) is 12.1 Å². The van der Waals surface area contributed by atoms with Crippen LogP contribution in [-0.2, 0) is 12.8 Å². The molecule has 0 saturated heterocycles. The molecule has 0 bridgehead atoms. The van der Waals surface area contributed by atoms with E-state index in [1.165, 1.54) is 30.5 Å². The summed E-state index contributed by atoms with van der Waals surface area (Å²) in [5.41, 5.74) is 2.84. The van der Waals surface area contributed by atoms with Crippen molar-refractivity contribution in [3.8, 4) is 11.5 Å². The molecule has 0 heterocycles. The van der Waals surface area contributed by atoms with Crippen LogP contribution in [0.15, 0.2) is 12.1 Å². The van der Waals surface area contributed by atoms with E-state index in [1.54, 1.807) is 14.2 Å². The average Bonchev–Trinajstić information content (AvgIpc) is 2.92. The monoisotopic (exact) mass is 291 g/mol. The molecule has 0 aromatic heterocycles. The molecule has 0 aliphatic heterocycles. The van der Waals surface area contributed by atoms with E-state index in [4.69, 9.17) is 9.47 Å². The lowest BCUT2D eigenvalue weighted by Gasteiger charge is -2.33. The third-order valence-corrected chi connectivity index (χ3v) is 4.72. The maximum Gasteiger partial charge on any atom is 0.161 e. The van der Waals surface area contributed by atoms with Gasteiger partial charge in [-0.15, -0.1) is 0 Å². The summed E-state index contributed by atoms with van der Waals surface area (Å²) in [6, 6.07) is 5.59. The van der Waals surface area contributed by atoms with E-state index in [9.17, 15) is 0 Å². The van der Waals surface area contributed by atoms with E-state index in [2.05, 4.69) is 37.8 Å². The number of methoxy groups -OCH3 is 2. The first-order chi connectivity index (χ1) is 10.1. The lowest BCUT2D eigenvalue weighted by molar-refractivity contribution is 0.144. The third-order valence-electron chi connectivity index (χ3n) is 4.72. The number of benzene rings is 1. The summed E-state index contributed by atoms with van der Waals surface area (Å²) in [6.07, 6.45) is 4.67. The van der Waals surface area contributed by atoms with Crippen molar-refractivity contribution in [3.63, 3.8) is 0 Å². The number of rotatable bonds is 7. The van der Waals surface area contributed by atoms with Crippen LogP contribution in [0.5, 0.6) is 11.5 Å². The molecule has 118 valence electrons. The van der Waals surface area contributed by atoms with E-state index < -0.39 is 0 Å². The predicted molar refractivity (Wildman–Crippen MR) is 87.5 cm³/mol. The predicted octanol–water partition coefficient (Wildman–Crippen LogP) is 3.68. The van der Waals surface area contributed by atoms with Gasteiger partial charge in [0.2, 0.25) is 0 Å². The van der Waals surface area contributed by atoms with Crippen molar-refractivity contribution in [1.29, 1.82) is 0 Å². The summed E-state index contributed by atoms with van der Waals surface area (Å²) in [5.74, 6) is 1.70. The minimum atomic E-state index is 0.617. The molecule has 0 radical (unpaired) electrons. The van der Waals surface area contributed by atoms with Gasteiger partial charge in [0.25, 0.3) is 0 Å².